The molecule has 0 unspecified atom stereocenters. The predicted molar refractivity (Wildman–Crippen MR) is 136 cm³/mol. The van der Waals surface area contributed by atoms with Gasteiger partial charge in [0, 0.05) is 11.8 Å². The number of rotatable bonds is 11. The third kappa shape index (κ3) is 7.92. The zero-order chi connectivity index (χ0) is 25.9. The zero-order valence-corrected chi connectivity index (χ0v) is 22.5. The molecule has 0 saturated carbocycles. The Balaban J connectivity index is 2.19. The quantitative estimate of drug-likeness (QED) is 0.273. The largest absolute Gasteiger partial charge is 0.519 e. The van der Waals surface area contributed by atoms with E-state index in [0.29, 0.717) is 12.2 Å². The van der Waals surface area contributed by atoms with Crippen LogP contribution in [-0.4, -0.2) is 13.8 Å². The maximum Gasteiger partial charge on any atom is 0.519 e. The summed E-state index contributed by atoms with van der Waals surface area (Å²) in [6, 6.07) is 8.76. The molecule has 6 heteroatoms. The van der Waals surface area contributed by atoms with Crippen LogP contribution in [0.3, 0.4) is 0 Å². The summed E-state index contributed by atoms with van der Waals surface area (Å²) < 4.78 is 15.8. The maximum absolute atomic E-state index is 11.9. The van der Waals surface area contributed by atoms with Crippen LogP contribution in [0.5, 0.6) is 0 Å². The first-order chi connectivity index (χ1) is 15.4. The second kappa shape index (κ2) is 10.2. The van der Waals surface area contributed by atoms with Crippen molar-refractivity contribution in [3.05, 3.63) is 57.5 Å². The van der Waals surface area contributed by atoms with Gasteiger partial charge in [0.2, 0.25) is 0 Å². The number of hydrogen-bond acceptors (Lipinski definition) is 5. The van der Waals surface area contributed by atoms with Crippen molar-refractivity contribution >= 4 is 13.8 Å². The molecule has 0 aliphatic heterocycles. The van der Waals surface area contributed by atoms with E-state index in [1.54, 1.807) is 6.92 Å². The minimum atomic E-state index is -0.781. The summed E-state index contributed by atoms with van der Waals surface area (Å²) in [5.41, 5.74) is 1.87. The molecule has 2 rings (SSSR count). The Kier molecular flexibility index (Phi) is 8.38. The van der Waals surface area contributed by atoms with Gasteiger partial charge in [0.1, 0.15) is 0 Å². The number of benzene rings is 1. The standard InChI is InChI=1S/C28H41BO5/c1-10-22(30)32-16-21-23(34-24(31)33-21)27(6,7)18-26(4,5)20-13-11-19(12-14-20)15-25(2,3)17-28(8,9)29/h11-14H,10,15-18H2,1-9H3. The van der Waals surface area contributed by atoms with Gasteiger partial charge in [-0.1, -0.05) is 98.3 Å². The lowest BCUT2D eigenvalue weighted by Crippen LogP contribution is -2.30. The van der Waals surface area contributed by atoms with Gasteiger partial charge in [-0.3, -0.25) is 4.79 Å². The minimum Gasteiger partial charge on any atom is -0.457 e. The highest BCUT2D eigenvalue weighted by atomic mass is 16.6. The molecule has 0 bridgehead atoms. The van der Waals surface area contributed by atoms with Crippen molar-refractivity contribution < 1.29 is 18.4 Å². The fraction of sp³-hybridized carbons (Fsp3) is 0.643. The normalized spacial score (nSPS) is 13.2. The molecule has 0 spiro atoms. The van der Waals surface area contributed by atoms with Crippen molar-refractivity contribution in [3.8, 4) is 0 Å². The summed E-state index contributed by atoms with van der Waals surface area (Å²) in [6.07, 6.45) is 2.85. The van der Waals surface area contributed by atoms with Crippen molar-refractivity contribution in [1.29, 1.82) is 0 Å². The van der Waals surface area contributed by atoms with Gasteiger partial charge in [-0.2, -0.15) is 0 Å². The summed E-state index contributed by atoms with van der Waals surface area (Å²) in [7, 11) is 6.26. The summed E-state index contributed by atoms with van der Waals surface area (Å²) in [6.45, 7) is 18.7. The molecule has 0 amide bonds. The van der Waals surface area contributed by atoms with Gasteiger partial charge < -0.3 is 13.6 Å². The topological polar surface area (TPSA) is 69.7 Å². The van der Waals surface area contributed by atoms with Gasteiger partial charge in [-0.15, -0.1) is 0 Å². The van der Waals surface area contributed by atoms with Crippen LogP contribution in [0.2, 0.25) is 5.31 Å². The van der Waals surface area contributed by atoms with E-state index in [9.17, 15) is 9.59 Å². The summed E-state index contributed by atoms with van der Waals surface area (Å²) in [5, 5.41) is -0.202. The molecule has 0 N–H and O–H groups in total. The lowest BCUT2D eigenvalue weighted by Gasteiger charge is -2.35. The molecule has 2 aromatic rings. The van der Waals surface area contributed by atoms with Crippen LogP contribution in [0.1, 0.15) is 104 Å². The van der Waals surface area contributed by atoms with E-state index in [1.807, 2.05) is 13.8 Å². The monoisotopic (exact) mass is 468 g/mol. The highest BCUT2D eigenvalue weighted by Crippen LogP contribution is 2.41. The first kappa shape index (κ1) is 28.0. The fourth-order valence-corrected chi connectivity index (χ4v) is 5.38. The van der Waals surface area contributed by atoms with Gasteiger partial charge in [0.25, 0.3) is 0 Å². The van der Waals surface area contributed by atoms with Crippen LogP contribution in [0.4, 0.5) is 0 Å². The van der Waals surface area contributed by atoms with Crippen LogP contribution in [0.15, 0.2) is 37.9 Å². The lowest BCUT2D eigenvalue weighted by molar-refractivity contribution is -0.145. The molecule has 1 aromatic carbocycles. The third-order valence-electron chi connectivity index (χ3n) is 6.15. The molecular weight excluding hydrogens is 427 g/mol. The first-order valence-corrected chi connectivity index (χ1v) is 12.1. The molecule has 0 aliphatic rings. The van der Waals surface area contributed by atoms with Gasteiger partial charge in [0.15, 0.2) is 18.1 Å². The van der Waals surface area contributed by atoms with E-state index in [2.05, 4.69) is 65.8 Å². The van der Waals surface area contributed by atoms with Crippen LogP contribution in [0, 0.1) is 5.41 Å². The molecule has 1 aromatic heterocycles. The molecule has 5 nitrogen and oxygen atoms in total. The van der Waals surface area contributed by atoms with Gasteiger partial charge in [0.05, 0.1) is 7.85 Å². The smallest absolute Gasteiger partial charge is 0.457 e. The zero-order valence-electron chi connectivity index (χ0n) is 22.5. The Labute approximate surface area is 206 Å². The van der Waals surface area contributed by atoms with E-state index in [0.717, 1.165) is 12.8 Å². The minimum absolute atomic E-state index is 0.105. The van der Waals surface area contributed by atoms with E-state index < -0.39 is 11.2 Å². The lowest BCUT2D eigenvalue weighted by atomic mass is 9.62. The molecule has 2 radical (unpaired) electrons. The molecule has 0 atom stereocenters. The molecule has 186 valence electrons. The second-order valence-corrected chi connectivity index (χ2v) is 12.4. The number of carbonyl (C=O) groups excluding carboxylic acids is 1. The van der Waals surface area contributed by atoms with Crippen LogP contribution >= 0.6 is 0 Å². The molecular formula is C28H41BO5. The van der Waals surface area contributed by atoms with E-state index in [1.165, 1.54) is 11.1 Å². The van der Waals surface area contributed by atoms with Crippen molar-refractivity contribution in [2.24, 2.45) is 5.41 Å². The Morgan fingerprint density at radius 3 is 2.03 bits per heavy atom. The van der Waals surface area contributed by atoms with Gasteiger partial charge in [-0.25, -0.2) is 4.79 Å². The van der Waals surface area contributed by atoms with Crippen LogP contribution < -0.4 is 5.82 Å². The molecule has 0 aliphatic carbocycles. The maximum atomic E-state index is 11.9. The van der Waals surface area contributed by atoms with Crippen LogP contribution in [0.25, 0.3) is 0 Å². The van der Waals surface area contributed by atoms with E-state index in [-0.39, 0.29) is 40.9 Å². The second-order valence-electron chi connectivity index (χ2n) is 12.4. The highest BCUT2D eigenvalue weighted by molar-refractivity contribution is 6.14. The fourth-order valence-electron chi connectivity index (χ4n) is 5.38. The number of ether oxygens (including phenoxy) is 1. The Morgan fingerprint density at radius 2 is 1.50 bits per heavy atom. The molecule has 34 heavy (non-hydrogen) atoms. The summed E-state index contributed by atoms with van der Waals surface area (Å²) in [4.78, 5) is 23.4. The van der Waals surface area contributed by atoms with Crippen molar-refractivity contribution in [2.45, 2.75) is 111 Å². The Morgan fingerprint density at radius 1 is 0.912 bits per heavy atom. The average Bonchev–Trinajstić information content (AvgIpc) is 3.05. The Hall–Kier alpha value is -2.24. The predicted octanol–water partition coefficient (Wildman–Crippen LogP) is 6.66. The van der Waals surface area contributed by atoms with Crippen molar-refractivity contribution in [1.82, 2.24) is 0 Å². The van der Waals surface area contributed by atoms with Crippen molar-refractivity contribution in [2.75, 3.05) is 0 Å². The van der Waals surface area contributed by atoms with E-state index in [4.69, 9.17) is 21.4 Å². The molecule has 1 heterocycles. The molecule has 0 saturated heterocycles. The van der Waals surface area contributed by atoms with Crippen LogP contribution in [-0.2, 0) is 33.4 Å². The SMILES string of the molecule is [B]C(C)(C)CC(C)(C)Cc1ccc(C(C)(C)CC(C)(C)c2oc(=O)oc2COC(=O)CC)cc1. The van der Waals surface area contributed by atoms with Crippen molar-refractivity contribution in [3.63, 3.8) is 0 Å². The average molecular weight is 468 g/mol. The molecule has 0 fully saturated rings. The number of esters is 1. The summed E-state index contributed by atoms with van der Waals surface area (Å²) in [5.74, 6) is -0.437. The van der Waals surface area contributed by atoms with E-state index >= 15 is 0 Å². The van der Waals surface area contributed by atoms with Gasteiger partial charge in [-0.05, 0) is 34.8 Å². The number of carbonyl (C=O) groups is 1. The summed E-state index contributed by atoms with van der Waals surface area (Å²) >= 11 is 0. The first-order valence-electron chi connectivity index (χ1n) is 12.1. The third-order valence-corrected chi connectivity index (χ3v) is 6.15. The Bertz CT molecular complexity index is 1020. The number of hydrogen-bond donors (Lipinski definition) is 0. The highest BCUT2D eigenvalue weighted by Gasteiger charge is 2.37. The van der Waals surface area contributed by atoms with Gasteiger partial charge >= 0.3 is 11.8 Å².